The molecule has 1 heterocycles. The molecule has 0 saturated carbocycles. The number of amides is 1. The Morgan fingerprint density at radius 1 is 1.12 bits per heavy atom. The van der Waals surface area contributed by atoms with Crippen LogP contribution in [0.15, 0.2) is 48.5 Å². The first kappa shape index (κ1) is 17.9. The smallest absolute Gasteiger partial charge is 0.256 e. The molecule has 5 heteroatoms. The van der Waals surface area contributed by atoms with Crippen LogP contribution < -0.4 is 5.32 Å². The number of carbonyl (C=O) groups is 1. The number of H-pyrrole nitrogens is 1. The van der Waals surface area contributed by atoms with Crippen LogP contribution in [0.2, 0.25) is 0 Å². The summed E-state index contributed by atoms with van der Waals surface area (Å²) in [7, 11) is 0. The van der Waals surface area contributed by atoms with E-state index in [-0.39, 0.29) is 5.91 Å². The van der Waals surface area contributed by atoms with Gasteiger partial charge < -0.3 is 10.4 Å². The van der Waals surface area contributed by atoms with Crippen molar-refractivity contribution in [2.45, 2.75) is 32.3 Å². The number of nitrogens with one attached hydrogen (secondary N) is 2. The summed E-state index contributed by atoms with van der Waals surface area (Å²) in [4.78, 5) is 12.5. The van der Waals surface area contributed by atoms with Crippen LogP contribution in [0.4, 0.5) is 5.69 Å². The molecular weight excluding hydrogens is 326 g/mol. The van der Waals surface area contributed by atoms with Crippen LogP contribution in [0.25, 0.3) is 23.1 Å². The van der Waals surface area contributed by atoms with Crippen molar-refractivity contribution >= 4 is 34.6 Å². The maximum absolute atomic E-state index is 12.5. The molecule has 0 unspecified atom stereocenters. The van der Waals surface area contributed by atoms with E-state index >= 15 is 0 Å². The van der Waals surface area contributed by atoms with Gasteiger partial charge in [-0.25, -0.2) is 0 Å². The summed E-state index contributed by atoms with van der Waals surface area (Å²) >= 11 is 0. The van der Waals surface area contributed by atoms with Gasteiger partial charge in [0.15, 0.2) is 0 Å². The maximum Gasteiger partial charge on any atom is 0.256 e. The lowest BCUT2D eigenvalue weighted by molar-refractivity contribution is -0.134. The fourth-order valence-electron chi connectivity index (χ4n) is 2.85. The number of nitrogens with zero attached hydrogens (tertiary/aromatic N) is 1. The highest BCUT2D eigenvalue weighted by atomic mass is 16.3. The van der Waals surface area contributed by atoms with Crippen molar-refractivity contribution in [3.05, 3.63) is 59.8 Å². The zero-order valence-corrected chi connectivity index (χ0v) is 15.0. The molecule has 3 N–H and O–H groups in total. The highest BCUT2D eigenvalue weighted by Gasteiger charge is 2.31. The molecule has 0 atom stereocenters. The molecule has 0 spiro atoms. The summed E-state index contributed by atoms with van der Waals surface area (Å²) in [5.74, 6) is -0.381. The van der Waals surface area contributed by atoms with Crippen LogP contribution in [-0.4, -0.2) is 26.8 Å². The molecule has 1 aromatic heterocycles. The van der Waals surface area contributed by atoms with Gasteiger partial charge in [0.25, 0.3) is 5.91 Å². The number of rotatable bonds is 6. The number of para-hydroxylation sites is 2. The van der Waals surface area contributed by atoms with E-state index in [2.05, 4.69) is 15.5 Å². The quantitative estimate of drug-likeness (QED) is 0.623. The average Bonchev–Trinajstić information content (AvgIpc) is 3.09. The molecule has 0 fully saturated rings. The molecule has 0 aliphatic heterocycles. The van der Waals surface area contributed by atoms with Crippen LogP contribution in [0, 0.1) is 0 Å². The van der Waals surface area contributed by atoms with Crippen LogP contribution >= 0.6 is 0 Å². The van der Waals surface area contributed by atoms with Crippen LogP contribution in [-0.2, 0) is 4.79 Å². The van der Waals surface area contributed by atoms with Gasteiger partial charge in [-0.15, -0.1) is 0 Å². The topological polar surface area (TPSA) is 78.0 Å². The molecule has 1 amide bonds. The highest BCUT2D eigenvalue weighted by molar-refractivity contribution is 5.99. The van der Waals surface area contributed by atoms with Crippen molar-refractivity contribution in [3.63, 3.8) is 0 Å². The average molecular weight is 349 g/mol. The van der Waals surface area contributed by atoms with Crippen molar-refractivity contribution in [2.24, 2.45) is 0 Å². The summed E-state index contributed by atoms with van der Waals surface area (Å²) in [6, 6.07) is 15.4. The minimum Gasteiger partial charge on any atom is -0.380 e. The molecule has 3 rings (SSSR count). The van der Waals surface area contributed by atoms with E-state index in [1.165, 1.54) is 0 Å². The van der Waals surface area contributed by atoms with Crippen LogP contribution in [0.3, 0.4) is 0 Å². The number of benzene rings is 2. The number of aromatic amines is 1. The van der Waals surface area contributed by atoms with Crippen molar-refractivity contribution < 1.29 is 9.90 Å². The predicted molar refractivity (Wildman–Crippen MR) is 106 cm³/mol. The Kier molecular flexibility index (Phi) is 5.19. The second kappa shape index (κ2) is 7.54. The molecule has 3 aromatic rings. The summed E-state index contributed by atoms with van der Waals surface area (Å²) < 4.78 is 0. The molecule has 0 bridgehead atoms. The minimum atomic E-state index is -1.35. The van der Waals surface area contributed by atoms with Crippen molar-refractivity contribution in [1.29, 1.82) is 0 Å². The lowest BCUT2D eigenvalue weighted by Crippen LogP contribution is -2.41. The Bertz CT molecular complexity index is 939. The monoisotopic (exact) mass is 349 g/mol. The van der Waals surface area contributed by atoms with E-state index in [1.54, 1.807) is 13.8 Å². The largest absolute Gasteiger partial charge is 0.380 e. The molecule has 2 aromatic carbocycles. The second-order valence-electron chi connectivity index (χ2n) is 6.27. The Balaban J connectivity index is 1.87. The van der Waals surface area contributed by atoms with Gasteiger partial charge in [0, 0.05) is 11.1 Å². The van der Waals surface area contributed by atoms with E-state index in [0.29, 0.717) is 18.5 Å². The number of carbonyl (C=O) groups excluding carboxylic acids is 1. The second-order valence-corrected chi connectivity index (χ2v) is 6.27. The van der Waals surface area contributed by atoms with Crippen LogP contribution in [0.5, 0.6) is 0 Å². The zero-order chi connectivity index (χ0) is 18.6. The first-order valence-electron chi connectivity index (χ1n) is 8.81. The lowest BCUT2D eigenvalue weighted by Gasteiger charge is -2.24. The van der Waals surface area contributed by atoms with Crippen molar-refractivity contribution in [2.75, 3.05) is 5.32 Å². The van der Waals surface area contributed by atoms with E-state index in [4.69, 9.17) is 0 Å². The van der Waals surface area contributed by atoms with Gasteiger partial charge in [0.1, 0.15) is 5.60 Å². The molecular formula is C21H23N3O2. The van der Waals surface area contributed by atoms with Gasteiger partial charge in [-0.1, -0.05) is 56.3 Å². The SMILES string of the molecule is CCC(O)(CC)C(=O)Nc1ccccc1/C=C/c1n[nH]c2ccccc12. The molecule has 0 radical (unpaired) electrons. The molecule has 26 heavy (non-hydrogen) atoms. The number of fused-ring (bicyclic) bond motifs is 1. The lowest BCUT2D eigenvalue weighted by atomic mass is 9.96. The highest BCUT2D eigenvalue weighted by Crippen LogP contribution is 2.23. The normalized spacial score (nSPS) is 12.0. The molecule has 0 aliphatic carbocycles. The summed E-state index contributed by atoms with van der Waals surface area (Å²) in [5, 5.41) is 21.6. The first-order chi connectivity index (χ1) is 12.6. The molecule has 5 nitrogen and oxygen atoms in total. The third-order valence-electron chi connectivity index (χ3n) is 4.72. The summed E-state index contributed by atoms with van der Waals surface area (Å²) in [6.07, 6.45) is 4.56. The van der Waals surface area contributed by atoms with Gasteiger partial charge in [-0.3, -0.25) is 9.89 Å². The molecule has 134 valence electrons. The number of anilines is 1. The number of hydrogen-bond donors (Lipinski definition) is 3. The molecule has 0 aliphatic rings. The standard InChI is InChI=1S/C21H23N3O2/c1-3-21(26,4-2)20(25)22-17-11-7-5-9-15(17)13-14-19-16-10-6-8-12-18(16)23-24-19/h5-14,26H,3-4H2,1-2H3,(H,22,25)(H,23,24)/b14-13+. The van der Waals surface area contributed by atoms with Crippen molar-refractivity contribution in [3.8, 4) is 0 Å². The maximum atomic E-state index is 12.5. The van der Waals surface area contributed by atoms with Gasteiger partial charge in [0.05, 0.1) is 11.2 Å². The minimum absolute atomic E-state index is 0.368. The number of aromatic nitrogens is 2. The van der Waals surface area contributed by atoms with E-state index in [0.717, 1.165) is 22.2 Å². The van der Waals surface area contributed by atoms with E-state index < -0.39 is 5.60 Å². The van der Waals surface area contributed by atoms with Gasteiger partial charge in [-0.2, -0.15) is 5.10 Å². The Hall–Kier alpha value is -2.92. The van der Waals surface area contributed by atoms with Crippen molar-refractivity contribution in [1.82, 2.24) is 10.2 Å². The zero-order valence-electron chi connectivity index (χ0n) is 15.0. The summed E-state index contributed by atoms with van der Waals surface area (Å²) in [6.45, 7) is 3.61. The number of hydrogen-bond acceptors (Lipinski definition) is 3. The fraction of sp³-hybridized carbons (Fsp3) is 0.238. The Morgan fingerprint density at radius 2 is 1.81 bits per heavy atom. The predicted octanol–water partition coefficient (Wildman–Crippen LogP) is 4.22. The van der Waals surface area contributed by atoms with Gasteiger partial charge in [-0.05, 0) is 36.6 Å². The third-order valence-corrected chi connectivity index (χ3v) is 4.72. The van der Waals surface area contributed by atoms with Gasteiger partial charge >= 0.3 is 0 Å². The first-order valence-corrected chi connectivity index (χ1v) is 8.81. The Morgan fingerprint density at radius 3 is 2.58 bits per heavy atom. The van der Waals surface area contributed by atoms with Crippen LogP contribution in [0.1, 0.15) is 37.9 Å². The molecule has 0 saturated heterocycles. The number of aliphatic hydroxyl groups is 1. The van der Waals surface area contributed by atoms with Gasteiger partial charge in [0.2, 0.25) is 0 Å². The third kappa shape index (κ3) is 3.53. The Labute approximate surface area is 152 Å². The van der Waals surface area contributed by atoms with E-state index in [9.17, 15) is 9.90 Å². The van der Waals surface area contributed by atoms with E-state index in [1.807, 2.05) is 60.7 Å². The summed E-state index contributed by atoms with van der Waals surface area (Å²) in [5.41, 5.74) is 1.97. The fourth-order valence-corrected chi connectivity index (χ4v) is 2.85.